The fraction of sp³-hybridized carbons (Fsp3) is 0.520. The van der Waals surface area contributed by atoms with E-state index in [-0.39, 0.29) is 17.6 Å². The predicted octanol–water partition coefficient (Wildman–Crippen LogP) is 3.63. The summed E-state index contributed by atoms with van der Waals surface area (Å²) < 4.78 is 44.8. The summed E-state index contributed by atoms with van der Waals surface area (Å²) in [6.07, 6.45) is -1.30. The monoisotopic (exact) mass is 536 g/mol. The average molecular weight is 537 g/mol. The number of hydrogen-bond donors (Lipinski definition) is 1. The molecule has 13 heteroatoms. The van der Waals surface area contributed by atoms with E-state index < -0.39 is 22.4 Å². The third-order valence-electron chi connectivity index (χ3n) is 6.94. The molecular formula is C25H31F3N6O4. The predicted molar refractivity (Wildman–Crippen MR) is 135 cm³/mol. The van der Waals surface area contributed by atoms with Crippen LogP contribution in [0.1, 0.15) is 24.8 Å². The van der Waals surface area contributed by atoms with Crippen molar-refractivity contribution in [2.75, 3.05) is 63.1 Å². The largest absolute Gasteiger partial charge is 0.481 e. The third kappa shape index (κ3) is 6.82. The van der Waals surface area contributed by atoms with E-state index in [9.17, 15) is 28.1 Å². The number of carbonyl (C=O) groups excluding carboxylic acids is 1. The number of nitro groups is 1. The Hall–Kier alpha value is -3.61. The number of halogens is 3. The average Bonchev–Trinajstić information content (AvgIpc) is 3.37. The Morgan fingerprint density at radius 1 is 1.18 bits per heavy atom. The summed E-state index contributed by atoms with van der Waals surface area (Å²) >= 11 is 0. The topological polar surface area (TPSA) is 104 Å². The van der Waals surface area contributed by atoms with Gasteiger partial charge in [0.15, 0.2) is 0 Å². The number of likely N-dealkylation sites (tertiary alicyclic amines) is 1. The number of alkyl halides is 3. The molecule has 1 N–H and O–H groups in total. The second-order valence-electron chi connectivity index (χ2n) is 9.45. The summed E-state index contributed by atoms with van der Waals surface area (Å²) in [5, 5.41) is 13.9. The van der Waals surface area contributed by atoms with Crippen molar-refractivity contribution in [3.05, 3.63) is 52.2 Å². The van der Waals surface area contributed by atoms with Crippen molar-refractivity contribution in [3.63, 3.8) is 0 Å². The number of nitrogens with zero attached hydrogens (tertiary/aromatic N) is 5. The standard InChI is InChI=1S/C25H31F3N6O4/c1-38-23-7-5-20(16-29-23)32-13-11-31(12-14-32)9-2-3-24(35)33-10-8-19(17-33)30-18-4-6-22(34(36)37)21(15-18)25(26,27)28/h4-7,15-16,19,30H,2-3,8-14,17H2,1H3/t19-/m0/s1. The molecular weight excluding hydrogens is 505 g/mol. The SMILES string of the molecule is COc1ccc(N2CCN(CCCC(=O)N3CC[C@H](Nc4ccc([N+](=O)[O-])c(C(F)(F)F)c4)C3)CC2)cn1. The van der Waals surface area contributed by atoms with Crippen LogP contribution < -0.4 is 15.0 Å². The molecule has 1 atom stereocenters. The molecule has 2 aliphatic heterocycles. The molecule has 1 aromatic heterocycles. The van der Waals surface area contributed by atoms with Crippen LogP contribution >= 0.6 is 0 Å². The van der Waals surface area contributed by atoms with Crippen LogP contribution in [0.4, 0.5) is 30.2 Å². The van der Waals surface area contributed by atoms with E-state index >= 15 is 0 Å². The second-order valence-corrected chi connectivity index (χ2v) is 9.45. The molecule has 206 valence electrons. The number of rotatable bonds is 9. The number of ether oxygens (including phenoxy) is 1. The van der Waals surface area contributed by atoms with Crippen molar-refractivity contribution >= 4 is 23.0 Å². The van der Waals surface area contributed by atoms with E-state index in [0.29, 0.717) is 31.8 Å². The minimum atomic E-state index is -4.84. The molecule has 2 aromatic rings. The molecule has 0 aliphatic carbocycles. The number of aromatic nitrogens is 1. The van der Waals surface area contributed by atoms with Crippen molar-refractivity contribution in [3.8, 4) is 5.88 Å². The highest BCUT2D eigenvalue weighted by Crippen LogP contribution is 2.37. The van der Waals surface area contributed by atoms with Crippen LogP contribution in [0.2, 0.25) is 0 Å². The van der Waals surface area contributed by atoms with Crippen molar-refractivity contribution < 1.29 is 27.6 Å². The van der Waals surface area contributed by atoms with Gasteiger partial charge in [0.25, 0.3) is 5.69 Å². The second kappa shape index (κ2) is 11.8. The first-order valence-corrected chi connectivity index (χ1v) is 12.5. The summed E-state index contributed by atoms with van der Waals surface area (Å²) in [6, 6.07) is 6.50. The normalized spacial score (nSPS) is 18.5. The molecule has 0 spiro atoms. The van der Waals surface area contributed by atoms with Crippen LogP contribution in [0.5, 0.6) is 5.88 Å². The maximum atomic E-state index is 13.2. The molecule has 0 saturated carbocycles. The zero-order valence-corrected chi connectivity index (χ0v) is 21.1. The number of methoxy groups -OCH3 is 1. The maximum absolute atomic E-state index is 13.2. The lowest BCUT2D eigenvalue weighted by Gasteiger charge is -2.36. The van der Waals surface area contributed by atoms with Gasteiger partial charge in [0, 0.05) is 69.6 Å². The zero-order valence-electron chi connectivity index (χ0n) is 21.1. The Bertz CT molecular complexity index is 1120. The first-order valence-electron chi connectivity index (χ1n) is 12.5. The van der Waals surface area contributed by atoms with E-state index in [1.54, 1.807) is 12.0 Å². The van der Waals surface area contributed by atoms with Crippen LogP contribution in [0.25, 0.3) is 0 Å². The van der Waals surface area contributed by atoms with Crippen LogP contribution in [0.3, 0.4) is 0 Å². The number of pyridine rings is 1. The first kappa shape index (κ1) is 27.4. The molecule has 0 unspecified atom stereocenters. The summed E-state index contributed by atoms with van der Waals surface area (Å²) in [5.74, 6) is 0.607. The van der Waals surface area contributed by atoms with Crippen molar-refractivity contribution in [2.45, 2.75) is 31.5 Å². The maximum Gasteiger partial charge on any atom is 0.423 e. The lowest BCUT2D eigenvalue weighted by Crippen LogP contribution is -2.46. The van der Waals surface area contributed by atoms with Gasteiger partial charge in [0.2, 0.25) is 11.8 Å². The number of hydrogen-bond acceptors (Lipinski definition) is 8. The molecule has 0 radical (unpaired) electrons. The number of nitro benzene ring substituents is 1. The molecule has 10 nitrogen and oxygen atoms in total. The Balaban J connectivity index is 1.19. The van der Waals surface area contributed by atoms with Gasteiger partial charge in [-0.15, -0.1) is 0 Å². The number of nitrogens with one attached hydrogen (secondary N) is 1. The number of anilines is 2. The van der Waals surface area contributed by atoms with Crippen molar-refractivity contribution in [1.82, 2.24) is 14.8 Å². The van der Waals surface area contributed by atoms with Crippen LogP contribution in [0.15, 0.2) is 36.5 Å². The van der Waals surface area contributed by atoms with Crippen molar-refractivity contribution in [1.29, 1.82) is 0 Å². The lowest BCUT2D eigenvalue weighted by atomic mass is 10.1. The van der Waals surface area contributed by atoms with Gasteiger partial charge in [-0.3, -0.25) is 19.8 Å². The molecule has 3 heterocycles. The van der Waals surface area contributed by atoms with Crippen LogP contribution in [-0.4, -0.2) is 84.6 Å². The summed E-state index contributed by atoms with van der Waals surface area (Å²) in [6.45, 7) is 5.26. The zero-order chi connectivity index (χ0) is 27.3. The van der Waals surface area contributed by atoms with Gasteiger partial charge in [-0.1, -0.05) is 0 Å². The minimum Gasteiger partial charge on any atom is -0.481 e. The Labute approximate surface area is 218 Å². The highest BCUT2D eigenvalue weighted by molar-refractivity contribution is 5.76. The smallest absolute Gasteiger partial charge is 0.423 e. The van der Waals surface area contributed by atoms with Gasteiger partial charge in [0.05, 0.1) is 23.9 Å². The van der Waals surface area contributed by atoms with Gasteiger partial charge in [0.1, 0.15) is 5.56 Å². The van der Waals surface area contributed by atoms with Gasteiger partial charge in [-0.05, 0) is 37.6 Å². The molecule has 4 rings (SSSR count). The van der Waals surface area contributed by atoms with Gasteiger partial charge in [-0.2, -0.15) is 13.2 Å². The van der Waals surface area contributed by atoms with E-state index in [2.05, 4.69) is 20.1 Å². The number of carbonyl (C=O) groups is 1. The number of benzene rings is 1. The first-order chi connectivity index (χ1) is 18.1. The lowest BCUT2D eigenvalue weighted by molar-refractivity contribution is -0.388. The summed E-state index contributed by atoms with van der Waals surface area (Å²) in [4.78, 5) is 33.2. The molecule has 1 amide bonds. The molecule has 1 aromatic carbocycles. The Kier molecular flexibility index (Phi) is 8.55. The van der Waals surface area contributed by atoms with Crippen LogP contribution in [-0.2, 0) is 11.0 Å². The summed E-state index contributed by atoms with van der Waals surface area (Å²) in [7, 11) is 1.59. The third-order valence-corrected chi connectivity index (χ3v) is 6.94. The Morgan fingerprint density at radius 2 is 1.95 bits per heavy atom. The van der Waals surface area contributed by atoms with E-state index in [4.69, 9.17) is 4.74 Å². The number of amides is 1. The number of piperazine rings is 1. The van der Waals surface area contributed by atoms with Crippen molar-refractivity contribution in [2.24, 2.45) is 0 Å². The quantitative estimate of drug-likeness (QED) is 0.383. The van der Waals surface area contributed by atoms with Crippen LogP contribution in [0, 0.1) is 10.1 Å². The fourth-order valence-corrected chi connectivity index (χ4v) is 4.87. The molecule has 2 fully saturated rings. The van der Waals surface area contributed by atoms with E-state index in [1.807, 2.05) is 18.3 Å². The van der Waals surface area contributed by atoms with Gasteiger partial charge >= 0.3 is 6.18 Å². The van der Waals surface area contributed by atoms with E-state index in [0.717, 1.165) is 57.0 Å². The Morgan fingerprint density at radius 3 is 2.58 bits per heavy atom. The minimum absolute atomic E-state index is 0.0249. The molecule has 2 saturated heterocycles. The van der Waals surface area contributed by atoms with E-state index in [1.165, 1.54) is 6.07 Å². The van der Waals surface area contributed by atoms with Gasteiger partial charge in [-0.25, -0.2) is 4.98 Å². The highest BCUT2D eigenvalue weighted by Gasteiger charge is 2.38. The molecule has 2 aliphatic rings. The van der Waals surface area contributed by atoms with Gasteiger partial charge < -0.3 is 19.9 Å². The molecule has 38 heavy (non-hydrogen) atoms. The summed E-state index contributed by atoms with van der Waals surface area (Å²) in [5.41, 5.74) is -1.07. The highest BCUT2D eigenvalue weighted by atomic mass is 19.4. The molecule has 0 bridgehead atoms. The fourth-order valence-electron chi connectivity index (χ4n) is 4.87.